The van der Waals surface area contributed by atoms with Gasteiger partial charge in [-0.05, 0) is 79.9 Å². The highest BCUT2D eigenvalue weighted by molar-refractivity contribution is 6.38. The molecule has 300 valence electrons. The fourth-order valence-electron chi connectivity index (χ4n) is 7.79. The van der Waals surface area contributed by atoms with Crippen LogP contribution in [0.1, 0.15) is 112 Å². The molecule has 3 fully saturated rings. The minimum absolute atomic E-state index is 0.00157. The predicted octanol–water partition coefficient (Wildman–Crippen LogP) is 2.43. The lowest BCUT2D eigenvalue weighted by atomic mass is 9.85. The van der Waals surface area contributed by atoms with Gasteiger partial charge >= 0.3 is 0 Å². The third-order valence-electron chi connectivity index (χ3n) is 11.2. The van der Waals surface area contributed by atoms with Gasteiger partial charge in [-0.25, -0.2) is 0 Å². The Morgan fingerprint density at radius 2 is 1.60 bits per heavy atom. The van der Waals surface area contributed by atoms with Gasteiger partial charge in [0, 0.05) is 12.6 Å². The van der Waals surface area contributed by atoms with Crippen molar-refractivity contribution >= 4 is 35.3 Å². The van der Waals surface area contributed by atoms with Gasteiger partial charge in [0.25, 0.3) is 5.91 Å². The molecular weight excluding hydrogens is 702 g/mol. The Bertz CT molecular complexity index is 1730. The number of hydrogen-bond acceptors (Lipinski definition) is 9. The normalized spacial score (nSPS) is 21.3. The van der Waals surface area contributed by atoms with Crippen LogP contribution in [0, 0.1) is 23.2 Å². The third kappa shape index (κ3) is 9.77. The minimum atomic E-state index is -1.04. The largest absolute Gasteiger partial charge is 0.347 e. The van der Waals surface area contributed by atoms with Crippen molar-refractivity contribution in [1.82, 2.24) is 46.4 Å². The standard InChI is InChI=1S/C40H59N9O6/c1-9-14-28(33(51)37(54)41-26-19-20-26)42-36(53)32-27-18-13-15-24(27)22-48(32)38(55)34(39(4,5)6)44-35(52)31(23(2)3)43-30(50)21-29-45-47-49(46-29)40(7,8)25-16-11-10-12-17-25/h10-12,16-17,23-24,26-28,31-32,34H,9,13-15,18-22H2,1-8H3,(H,41,54)(H,42,53)(H,43,50)(H,44,52)/t24-,27-,28?,31-,32-,34-/m0/s1. The topological polar surface area (TPSA) is 197 Å². The molecule has 0 radical (unpaired) electrons. The van der Waals surface area contributed by atoms with Crippen LogP contribution in [0.5, 0.6) is 0 Å². The van der Waals surface area contributed by atoms with E-state index in [-0.39, 0.29) is 36.0 Å². The Morgan fingerprint density at radius 3 is 2.22 bits per heavy atom. The maximum atomic E-state index is 14.6. The molecule has 1 aromatic heterocycles. The monoisotopic (exact) mass is 761 g/mol. The van der Waals surface area contributed by atoms with Gasteiger partial charge in [-0.1, -0.05) is 84.7 Å². The first-order valence-electron chi connectivity index (χ1n) is 19.8. The highest BCUT2D eigenvalue weighted by atomic mass is 16.2. The van der Waals surface area contributed by atoms with Crippen LogP contribution in [0.2, 0.25) is 0 Å². The Hall–Kier alpha value is -4.69. The zero-order chi connectivity index (χ0) is 40.2. The van der Waals surface area contributed by atoms with Crippen molar-refractivity contribution in [2.45, 2.75) is 143 Å². The second-order valence-electron chi connectivity index (χ2n) is 17.4. The number of nitrogens with one attached hydrogen (secondary N) is 4. The fraction of sp³-hybridized carbons (Fsp3) is 0.675. The molecule has 55 heavy (non-hydrogen) atoms. The molecule has 5 amide bonds. The molecule has 2 heterocycles. The van der Waals surface area contributed by atoms with Crippen LogP contribution in [0.25, 0.3) is 0 Å². The molecule has 3 aliphatic rings. The van der Waals surface area contributed by atoms with E-state index in [4.69, 9.17) is 0 Å². The van der Waals surface area contributed by atoms with Gasteiger partial charge in [-0.3, -0.25) is 28.8 Å². The zero-order valence-electron chi connectivity index (χ0n) is 33.6. The van der Waals surface area contributed by atoms with Gasteiger partial charge in [0.2, 0.25) is 29.4 Å². The SMILES string of the molecule is CCCC(NC(=O)[C@@H]1[C@H]2CCC[C@H]2CN1C(=O)[C@H](NC(=O)[C@@H](NC(=O)Cc1nnn(C(C)(C)c2ccccc2)n1)C(C)C)C(C)(C)C)C(=O)C(=O)NC1CC1. The van der Waals surface area contributed by atoms with Gasteiger partial charge in [-0.15, -0.1) is 10.2 Å². The number of carbonyl (C=O) groups excluding carboxylic acids is 6. The van der Waals surface area contributed by atoms with E-state index in [1.54, 1.807) is 18.7 Å². The Kier molecular flexibility index (Phi) is 12.8. The van der Waals surface area contributed by atoms with E-state index in [9.17, 15) is 28.8 Å². The number of carbonyl (C=O) groups is 6. The zero-order valence-corrected chi connectivity index (χ0v) is 33.6. The van der Waals surface area contributed by atoms with Crippen LogP contribution in [0.4, 0.5) is 0 Å². The van der Waals surface area contributed by atoms with E-state index >= 15 is 0 Å². The molecule has 2 aliphatic carbocycles. The summed E-state index contributed by atoms with van der Waals surface area (Å²) >= 11 is 0. The maximum absolute atomic E-state index is 14.6. The fourth-order valence-corrected chi connectivity index (χ4v) is 7.79. The van der Waals surface area contributed by atoms with E-state index in [1.165, 1.54) is 4.80 Å². The Balaban J connectivity index is 1.28. The number of Topliss-reactive ketones (excluding diaryl/α,β-unsaturated/α-hetero) is 1. The number of ketones is 1. The number of hydrogen-bond donors (Lipinski definition) is 4. The summed E-state index contributed by atoms with van der Waals surface area (Å²) in [4.78, 5) is 84.8. The Morgan fingerprint density at radius 1 is 0.909 bits per heavy atom. The summed E-state index contributed by atoms with van der Waals surface area (Å²) in [5, 5.41) is 24.1. The lowest BCUT2D eigenvalue weighted by molar-refractivity contribution is -0.146. The van der Waals surface area contributed by atoms with Gasteiger partial charge < -0.3 is 26.2 Å². The van der Waals surface area contributed by atoms with E-state index in [2.05, 4.69) is 36.7 Å². The summed E-state index contributed by atoms with van der Waals surface area (Å²) in [5.41, 5.74) is -0.422. The molecule has 15 nitrogen and oxygen atoms in total. The molecule has 2 aromatic rings. The molecule has 5 rings (SSSR count). The summed E-state index contributed by atoms with van der Waals surface area (Å²) in [6, 6.07) is 5.83. The molecule has 1 saturated heterocycles. The van der Waals surface area contributed by atoms with Gasteiger partial charge in [0.05, 0.1) is 12.5 Å². The van der Waals surface area contributed by atoms with E-state index in [0.29, 0.717) is 19.4 Å². The summed E-state index contributed by atoms with van der Waals surface area (Å²) in [7, 11) is 0. The van der Waals surface area contributed by atoms with Gasteiger partial charge in [0.1, 0.15) is 23.7 Å². The average Bonchev–Trinajstić information content (AvgIpc) is 3.45. The number of nitrogens with zero attached hydrogens (tertiary/aromatic N) is 5. The average molecular weight is 762 g/mol. The van der Waals surface area contributed by atoms with Crippen LogP contribution < -0.4 is 21.3 Å². The number of tetrazole rings is 1. The lowest BCUT2D eigenvalue weighted by Gasteiger charge is -2.37. The number of rotatable bonds is 16. The van der Waals surface area contributed by atoms with Crippen molar-refractivity contribution in [3.8, 4) is 0 Å². The van der Waals surface area contributed by atoms with Crippen LogP contribution in [0.3, 0.4) is 0 Å². The second kappa shape index (κ2) is 17.0. The van der Waals surface area contributed by atoms with E-state index in [1.807, 2.05) is 71.9 Å². The number of aromatic nitrogens is 4. The van der Waals surface area contributed by atoms with Gasteiger partial charge in [0.15, 0.2) is 5.82 Å². The first-order chi connectivity index (χ1) is 25.9. The highest BCUT2D eigenvalue weighted by Gasteiger charge is 2.52. The quantitative estimate of drug-likeness (QED) is 0.186. The van der Waals surface area contributed by atoms with E-state index in [0.717, 1.165) is 37.7 Å². The van der Waals surface area contributed by atoms with Crippen molar-refractivity contribution in [2.75, 3.05) is 6.54 Å². The van der Waals surface area contributed by atoms with Crippen molar-refractivity contribution in [2.24, 2.45) is 23.2 Å². The maximum Gasteiger partial charge on any atom is 0.289 e. The minimum Gasteiger partial charge on any atom is -0.347 e. The van der Waals surface area contributed by atoms with Crippen molar-refractivity contribution in [3.63, 3.8) is 0 Å². The predicted molar refractivity (Wildman–Crippen MR) is 204 cm³/mol. The summed E-state index contributed by atoms with van der Waals surface area (Å²) in [6.07, 6.45) is 4.85. The smallest absolute Gasteiger partial charge is 0.289 e. The van der Waals surface area contributed by atoms with Gasteiger partial charge in [-0.2, -0.15) is 4.80 Å². The number of likely N-dealkylation sites (tertiary alicyclic amines) is 1. The molecule has 0 bridgehead atoms. The van der Waals surface area contributed by atoms with Crippen molar-refractivity contribution in [1.29, 1.82) is 0 Å². The molecule has 1 unspecified atom stereocenters. The molecule has 1 aromatic carbocycles. The Labute approximate surface area is 323 Å². The number of amides is 5. The molecule has 2 saturated carbocycles. The number of benzene rings is 1. The molecule has 15 heteroatoms. The van der Waals surface area contributed by atoms with Crippen LogP contribution in [-0.2, 0) is 40.7 Å². The van der Waals surface area contributed by atoms with Crippen molar-refractivity contribution in [3.05, 3.63) is 41.7 Å². The first kappa shape index (κ1) is 41.5. The van der Waals surface area contributed by atoms with Crippen LogP contribution in [-0.4, -0.2) is 97.2 Å². The highest BCUT2D eigenvalue weighted by Crippen LogP contribution is 2.43. The summed E-state index contributed by atoms with van der Waals surface area (Å²) < 4.78 is 0. The lowest BCUT2D eigenvalue weighted by Crippen LogP contribution is -2.62. The summed E-state index contributed by atoms with van der Waals surface area (Å²) in [5.74, 6) is -3.40. The number of fused-ring (bicyclic) bond motifs is 1. The van der Waals surface area contributed by atoms with Crippen molar-refractivity contribution < 1.29 is 28.8 Å². The second-order valence-corrected chi connectivity index (χ2v) is 17.4. The molecule has 0 spiro atoms. The molecular formula is C40H59N9O6. The van der Waals surface area contributed by atoms with Crippen LogP contribution >= 0.6 is 0 Å². The molecule has 6 atom stereocenters. The third-order valence-corrected chi connectivity index (χ3v) is 11.2. The summed E-state index contributed by atoms with van der Waals surface area (Å²) in [6.45, 7) is 15.2. The van der Waals surface area contributed by atoms with Crippen LogP contribution in [0.15, 0.2) is 30.3 Å². The molecule has 1 aliphatic heterocycles. The molecule has 4 N–H and O–H groups in total. The van der Waals surface area contributed by atoms with E-state index < -0.39 is 70.4 Å². The first-order valence-corrected chi connectivity index (χ1v) is 19.8.